The number of nitrogens with one attached hydrogen (secondary N) is 1. The highest BCUT2D eigenvalue weighted by Gasteiger charge is 2.30. The third-order valence-corrected chi connectivity index (χ3v) is 5.72. The van der Waals surface area contributed by atoms with Gasteiger partial charge in [-0.3, -0.25) is 0 Å². The number of hydrogen-bond donors (Lipinski definition) is 1. The third kappa shape index (κ3) is 2.49. The van der Waals surface area contributed by atoms with Crippen LogP contribution in [0.1, 0.15) is 46.5 Å². The Balaban J connectivity index is 1.65. The number of sulfonamides is 1. The highest BCUT2D eigenvalue weighted by atomic mass is 32.2. The zero-order valence-corrected chi connectivity index (χ0v) is 13.8. The molecule has 2 aromatic rings. The Kier molecular flexibility index (Phi) is 3.43. The van der Waals surface area contributed by atoms with Gasteiger partial charge in [0.1, 0.15) is 18.3 Å². The third-order valence-electron chi connectivity index (χ3n) is 4.25. The van der Waals surface area contributed by atoms with E-state index in [1.54, 1.807) is 17.7 Å². The predicted octanol–water partition coefficient (Wildman–Crippen LogP) is 1.07. The minimum Gasteiger partial charge on any atom is -0.457 e. The number of aryl methyl sites for hydroxylation is 2. The SMILES string of the molecule is Cc1nc2n(n1)CCCC2NS(=O)(=O)c1ccc2c(c1)C(=O)OC2. The first-order valence-corrected chi connectivity index (χ1v) is 9.16. The Morgan fingerprint density at radius 2 is 2.21 bits per heavy atom. The normalized spacial score (nSPS) is 19.7. The van der Waals surface area contributed by atoms with E-state index in [9.17, 15) is 13.2 Å². The number of fused-ring (bicyclic) bond motifs is 2. The lowest BCUT2D eigenvalue weighted by Crippen LogP contribution is -2.33. The van der Waals surface area contributed by atoms with Crippen LogP contribution < -0.4 is 4.72 Å². The van der Waals surface area contributed by atoms with E-state index in [1.165, 1.54) is 12.1 Å². The zero-order chi connectivity index (χ0) is 16.9. The summed E-state index contributed by atoms with van der Waals surface area (Å²) in [5.74, 6) is 0.759. The van der Waals surface area contributed by atoms with E-state index in [0.717, 1.165) is 13.0 Å². The molecule has 4 rings (SSSR count). The van der Waals surface area contributed by atoms with Gasteiger partial charge in [0, 0.05) is 12.1 Å². The lowest BCUT2D eigenvalue weighted by molar-refractivity contribution is 0.0535. The van der Waals surface area contributed by atoms with Gasteiger partial charge in [0.2, 0.25) is 10.0 Å². The summed E-state index contributed by atoms with van der Waals surface area (Å²) < 4.78 is 34.7. The number of esters is 1. The maximum absolute atomic E-state index is 12.7. The molecule has 0 fully saturated rings. The molecule has 2 aliphatic heterocycles. The fourth-order valence-electron chi connectivity index (χ4n) is 3.10. The molecule has 0 bridgehead atoms. The molecule has 24 heavy (non-hydrogen) atoms. The summed E-state index contributed by atoms with van der Waals surface area (Å²) >= 11 is 0. The number of nitrogens with zero attached hydrogens (tertiary/aromatic N) is 3. The first kappa shape index (κ1) is 15.3. The zero-order valence-electron chi connectivity index (χ0n) is 13.0. The monoisotopic (exact) mass is 348 g/mol. The van der Waals surface area contributed by atoms with Crippen molar-refractivity contribution in [3.05, 3.63) is 41.0 Å². The van der Waals surface area contributed by atoms with Gasteiger partial charge in [-0.05, 0) is 31.9 Å². The summed E-state index contributed by atoms with van der Waals surface area (Å²) in [5, 5.41) is 4.27. The maximum Gasteiger partial charge on any atom is 0.338 e. The number of cyclic esters (lactones) is 1. The van der Waals surface area contributed by atoms with Gasteiger partial charge in [-0.25, -0.2) is 27.6 Å². The standard InChI is InChI=1S/C15H16N4O4S/c1-9-16-14-13(3-2-6-19(14)17-9)18-24(21,22)11-5-4-10-8-23-15(20)12(10)7-11/h4-5,7,13,18H,2-3,6,8H2,1H3. The van der Waals surface area contributed by atoms with Gasteiger partial charge in [0.15, 0.2) is 0 Å². The number of carbonyl (C=O) groups is 1. The van der Waals surface area contributed by atoms with Crippen molar-refractivity contribution in [3.63, 3.8) is 0 Å². The Bertz CT molecular complexity index is 935. The van der Waals surface area contributed by atoms with Gasteiger partial charge in [-0.2, -0.15) is 5.10 Å². The van der Waals surface area contributed by atoms with Crippen LogP contribution in [0, 0.1) is 6.92 Å². The quantitative estimate of drug-likeness (QED) is 0.832. The van der Waals surface area contributed by atoms with Crippen LogP contribution in [0.2, 0.25) is 0 Å². The molecule has 1 aromatic heterocycles. The molecule has 0 radical (unpaired) electrons. The van der Waals surface area contributed by atoms with Crippen LogP contribution in [0.25, 0.3) is 0 Å². The first-order chi connectivity index (χ1) is 11.4. The maximum atomic E-state index is 12.7. The molecule has 9 heteroatoms. The van der Waals surface area contributed by atoms with Crippen molar-refractivity contribution in [2.45, 2.75) is 43.9 Å². The van der Waals surface area contributed by atoms with Crippen LogP contribution in [0.3, 0.4) is 0 Å². The summed E-state index contributed by atoms with van der Waals surface area (Å²) in [6.45, 7) is 2.70. The van der Waals surface area contributed by atoms with E-state index < -0.39 is 22.0 Å². The number of carbonyl (C=O) groups excluding carboxylic acids is 1. The molecule has 3 heterocycles. The summed E-state index contributed by atoms with van der Waals surface area (Å²) in [4.78, 5) is 16.0. The molecule has 0 amide bonds. The molecular formula is C15H16N4O4S. The molecule has 126 valence electrons. The molecule has 1 atom stereocenters. The van der Waals surface area contributed by atoms with Crippen LogP contribution in [-0.4, -0.2) is 29.2 Å². The highest BCUT2D eigenvalue weighted by Crippen LogP contribution is 2.27. The van der Waals surface area contributed by atoms with Crippen molar-refractivity contribution in [2.24, 2.45) is 0 Å². The second-order valence-corrected chi connectivity index (χ2v) is 7.67. The van der Waals surface area contributed by atoms with Crippen molar-refractivity contribution < 1.29 is 17.9 Å². The van der Waals surface area contributed by atoms with Crippen LogP contribution in [0.5, 0.6) is 0 Å². The van der Waals surface area contributed by atoms with Crippen molar-refractivity contribution in [1.82, 2.24) is 19.5 Å². The molecular weight excluding hydrogens is 332 g/mol. The summed E-state index contributed by atoms with van der Waals surface area (Å²) in [6, 6.07) is 4.04. The second kappa shape index (κ2) is 5.38. The summed E-state index contributed by atoms with van der Waals surface area (Å²) in [7, 11) is -3.78. The Labute approximate surface area is 138 Å². The molecule has 2 aliphatic rings. The van der Waals surface area contributed by atoms with Gasteiger partial charge >= 0.3 is 5.97 Å². The molecule has 8 nitrogen and oxygen atoms in total. The van der Waals surface area contributed by atoms with Crippen molar-refractivity contribution >= 4 is 16.0 Å². The molecule has 1 unspecified atom stereocenters. The lowest BCUT2D eigenvalue weighted by atomic mass is 10.1. The lowest BCUT2D eigenvalue weighted by Gasteiger charge is -2.23. The summed E-state index contributed by atoms with van der Waals surface area (Å²) in [6.07, 6.45) is 1.48. The highest BCUT2D eigenvalue weighted by molar-refractivity contribution is 7.89. The smallest absolute Gasteiger partial charge is 0.338 e. The van der Waals surface area contributed by atoms with Gasteiger partial charge in [0.25, 0.3) is 0 Å². The minimum atomic E-state index is -3.78. The molecule has 0 aliphatic carbocycles. The topological polar surface area (TPSA) is 103 Å². The average molecular weight is 348 g/mol. The molecule has 1 aromatic carbocycles. The van der Waals surface area contributed by atoms with Crippen LogP contribution >= 0.6 is 0 Å². The minimum absolute atomic E-state index is 0.0495. The van der Waals surface area contributed by atoms with Gasteiger partial charge in [0.05, 0.1) is 16.5 Å². The largest absolute Gasteiger partial charge is 0.457 e. The fraction of sp³-hybridized carbons (Fsp3) is 0.400. The van der Waals surface area contributed by atoms with Crippen molar-refractivity contribution in [2.75, 3.05) is 0 Å². The second-order valence-electron chi connectivity index (χ2n) is 5.95. The number of benzene rings is 1. The molecule has 0 saturated heterocycles. The van der Waals surface area contributed by atoms with E-state index in [-0.39, 0.29) is 11.5 Å². The Hall–Kier alpha value is -2.26. The van der Waals surface area contributed by atoms with Crippen molar-refractivity contribution in [1.29, 1.82) is 0 Å². The number of aromatic nitrogens is 3. The molecule has 1 N–H and O–H groups in total. The molecule has 0 spiro atoms. The van der Waals surface area contributed by atoms with Crippen LogP contribution in [-0.2, 0) is 27.9 Å². The van der Waals surface area contributed by atoms with Gasteiger partial charge in [-0.1, -0.05) is 6.07 Å². The van der Waals surface area contributed by atoms with E-state index in [1.807, 2.05) is 0 Å². The van der Waals surface area contributed by atoms with E-state index >= 15 is 0 Å². The molecule has 0 saturated carbocycles. The number of rotatable bonds is 3. The van der Waals surface area contributed by atoms with Gasteiger partial charge in [-0.15, -0.1) is 0 Å². The first-order valence-electron chi connectivity index (χ1n) is 7.68. The number of hydrogen-bond acceptors (Lipinski definition) is 6. The van der Waals surface area contributed by atoms with Crippen LogP contribution in [0.4, 0.5) is 0 Å². The van der Waals surface area contributed by atoms with Gasteiger partial charge < -0.3 is 4.74 Å². The fourth-order valence-corrected chi connectivity index (χ4v) is 4.35. The Morgan fingerprint density at radius 3 is 3.04 bits per heavy atom. The average Bonchev–Trinajstić information content (AvgIpc) is 3.10. The van der Waals surface area contributed by atoms with E-state index in [4.69, 9.17) is 4.74 Å². The van der Waals surface area contributed by atoms with Crippen LogP contribution in [0.15, 0.2) is 23.1 Å². The van der Waals surface area contributed by atoms with Crippen molar-refractivity contribution in [3.8, 4) is 0 Å². The number of ether oxygens (including phenoxy) is 1. The van der Waals surface area contributed by atoms with E-state index in [0.29, 0.717) is 29.2 Å². The predicted molar refractivity (Wildman–Crippen MR) is 82.6 cm³/mol. The Morgan fingerprint density at radius 1 is 1.38 bits per heavy atom. The summed E-state index contributed by atoms with van der Waals surface area (Å²) in [5.41, 5.74) is 1.01. The van der Waals surface area contributed by atoms with E-state index in [2.05, 4.69) is 14.8 Å².